The molecular formula is C22H21F3N2O5S. The summed E-state index contributed by atoms with van der Waals surface area (Å²) >= 11 is 0. The van der Waals surface area contributed by atoms with E-state index in [9.17, 15) is 26.4 Å². The van der Waals surface area contributed by atoms with E-state index in [-0.39, 0.29) is 31.9 Å². The van der Waals surface area contributed by atoms with Gasteiger partial charge < -0.3 is 14.1 Å². The number of carbonyl (C=O) groups is 1. The number of rotatable bonds is 4. The number of methoxy groups -OCH3 is 1. The molecule has 176 valence electrons. The third-order valence-electron chi connectivity index (χ3n) is 5.67. The monoisotopic (exact) mass is 482 g/mol. The fourth-order valence-electron chi connectivity index (χ4n) is 3.87. The fourth-order valence-corrected chi connectivity index (χ4v) is 5.51. The van der Waals surface area contributed by atoms with Crippen molar-refractivity contribution in [1.82, 2.24) is 9.21 Å². The highest BCUT2D eigenvalue weighted by Crippen LogP contribution is 2.35. The number of alkyl halides is 3. The summed E-state index contributed by atoms with van der Waals surface area (Å²) in [4.78, 5) is 13.7. The third-order valence-corrected chi connectivity index (χ3v) is 7.63. The van der Waals surface area contributed by atoms with E-state index in [2.05, 4.69) is 0 Å². The van der Waals surface area contributed by atoms with Gasteiger partial charge >= 0.3 is 6.18 Å². The average molecular weight is 482 g/mol. The number of ether oxygens (including phenoxy) is 1. The van der Waals surface area contributed by atoms with Crippen molar-refractivity contribution in [3.05, 3.63) is 59.4 Å². The molecule has 3 aromatic rings. The van der Waals surface area contributed by atoms with Crippen molar-refractivity contribution in [1.29, 1.82) is 0 Å². The Hall–Kier alpha value is -3.05. The highest BCUT2D eigenvalue weighted by Gasteiger charge is 2.40. The Morgan fingerprint density at radius 3 is 2.36 bits per heavy atom. The number of nitrogens with zero attached hydrogens (tertiary/aromatic N) is 2. The van der Waals surface area contributed by atoms with Crippen LogP contribution in [-0.4, -0.2) is 56.8 Å². The summed E-state index contributed by atoms with van der Waals surface area (Å²) in [5, 5.41) is 0.725. The van der Waals surface area contributed by atoms with Crippen molar-refractivity contribution in [3.63, 3.8) is 0 Å². The van der Waals surface area contributed by atoms with Gasteiger partial charge in [0.15, 0.2) is 5.76 Å². The largest absolute Gasteiger partial charge is 0.497 e. The maximum absolute atomic E-state index is 13.3. The van der Waals surface area contributed by atoms with Gasteiger partial charge in [0, 0.05) is 37.1 Å². The summed E-state index contributed by atoms with van der Waals surface area (Å²) in [6.45, 7) is 1.52. The highest BCUT2D eigenvalue weighted by atomic mass is 32.2. The molecule has 1 aliphatic heterocycles. The predicted molar refractivity (Wildman–Crippen MR) is 114 cm³/mol. The fraction of sp³-hybridized carbons (Fsp3) is 0.318. The number of furan rings is 1. The second-order valence-corrected chi connectivity index (χ2v) is 9.51. The van der Waals surface area contributed by atoms with Gasteiger partial charge in [-0.2, -0.15) is 17.5 Å². The Morgan fingerprint density at radius 1 is 1.06 bits per heavy atom. The summed E-state index contributed by atoms with van der Waals surface area (Å²) in [6, 6.07) is 9.24. The topological polar surface area (TPSA) is 80.1 Å². The Labute approximate surface area is 188 Å². The molecule has 1 aliphatic rings. The lowest BCUT2D eigenvalue weighted by molar-refractivity contribution is -0.139. The van der Waals surface area contributed by atoms with E-state index in [4.69, 9.17) is 9.15 Å². The summed E-state index contributed by atoms with van der Waals surface area (Å²) in [5.74, 6) is 0.343. The maximum atomic E-state index is 13.3. The third kappa shape index (κ3) is 4.18. The molecule has 2 heterocycles. The van der Waals surface area contributed by atoms with E-state index in [1.165, 1.54) is 18.1 Å². The van der Waals surface area contributed by atoms with Crippen molar-refractivity contribution < 1.29 is 35.5 Å². The van der Waals surface area contributed by atoms with Crippen LogP contribution in [0.3, 0.4) is 0 Å². The van der Waals surface area contributed by atoms with Gasteiger partial charge in [-0.25, -0.2) is 8.42 Å². The molecule has 1 amide bonds. The zero-order chi connectivity index (χ0) is 24.0. The SMILES string of the molecule is COc1ccc2oc(C(=O)N3CCN(S(=O)(=O)c4ccccc4C(F)(F)F)CC3)c(C)c2c1. The molecule has 0 radical (unpaired) electrons. The molecule has 0 unspecified atom stereocenters. The number of halogens is 3. The number of piperazine rings is 1. The molecule has 7 nitrogen and oxygen atoms in total. The lowest BCUT2D eigenvalue weighted by Crippen LogP contribution is -2.50. The van der Waals surface area contributed by atoms with Gasteiger partial charge in [0.1, 0.15) is 11.3 Å². The Bertz CT molecular complexity index is 1310. The van der Waals surface area contributed by atoms with Gasteiger partial charge in [0.05, 0.1) is 17.6 Å². The lowest BCUT2D eigenvalue weighted by Gasteiger charge is -2.34. The smallest absolute Gasteiger partial charge is 0.417 e. The Kier molecular flexibility index (Phi) is 5.87. The summed E-state index contributed by atoms with van der Waals surface area (Å²) < 4.78 is 77.7. The van der Waals surface area contributed by atoms with E-state index in [1.807, 2.05) is 0 Å². The van der Waals surface area contributed by atoms with Crippen molar-refractivity contribution in [3.8, 4) is 5.75 Å². The summed E-state index contributed by atoms with van der Waals surface area (Å²) in [6.07, 6.45) is -4.80. The Balaban J connectivity index is 1.53. The summed E-state index contributed by atoms with van der Waals surface area (Å²) in [5.41, 5.74) is -0.0680. The molecule has 0 spiro atoms. The molecule has 0 aliphatic carbocycles. The molecule has 0 N–H and O–H groups in total. The number of aryl methyl sites for hydroxylation is 1. The number of carbonyl (C=O) groups excluding carboxylic acids is 1. The molecule has 0 atom stereocenters. The van der Waals surface area contributed by atoms with Crippen LogP contribution >= 0.6 is 0 Å². The minimum atomic E-state index is -4.80. The number of hydrogen-bond acceptors (Lipinski definition) is 5. The van der Waals surface area contributed by atoms with E-state index >= 15 is 0 Å². The van der Waals surface area contributed by atoms with Crippen LogP contribution in [0.5, 0.6) is 5.75 Å². The van der Waals surface area contributed by atoms with Gasteiger partial charge in [-0.15, -0.1) is 0 Å². The molecule has 33 heavy (non-hydrogen) atoms. The van der Waals surface area contributed by atoms with Crippen molar-refractivity contribution in [2.24, 2.45) is 0 Å². The zero-order valence-electron chi connectivity index (χ0n) is 17.8. The van der Waals surface area contributed by atoms with Crippen molar-refractivity contribution in [2.75, 3.05) is 33.3 Å². The number of hydrogen-bond donors (Lipinski definition) is 0. The van der Waals surface area contributed by atoms with E-state index in [0.29, 0.717) is 16.9 Å². The summed E-state index contributed by atoms with van der Waals surface area (Å²) in [7, 11) is -2.86. The van der Waals surface area contributed by atoms with Crippen molar-refractivity contribution in [2.45, 2.75) is 18.0 Å². The van der Waals surface area contributed by atoms with Gasteiger partial charge in [0.2, 0.25) is 10.0 Å². The first-order valence-electron chi connectivity index (χ1n) is 10.1. The van der Waals surface area contributed by atoms with Gasteiger partial charge in [-0.3, -0.25) is 4.79 Å². The molecule has 1 aromatic heterocycles. The number of benzene rings is 2. The van der Waals surface area contributed by atoms with Crippen LogP contribution in [0.25, 0.3) is 11.0 Å². The van der Waals surface area contributed by atoms with Gasteiger partial charge in [-0.05, 0) is 37.3 Å². The van der Waals surface area contributed by atoms with Crippen LogP contribution in [0.1, 0.15) is 21.7 Å². The minimum absolute atomic E-state index is 0.0199. The van der Waals surface area contributed by atoms with Crippen LogP contribution in [0.4, 0.5) is 13.2 Å². The second kappa shape index (κ2) is 8.38. The van der Waals surface area contributed by atoms with E-state index in [1.54, 1.807) is 25.1 Å². The second-order valence-electron chi connectivity index (χ2n) is 7.61. The quantitative estimate of drug-likeness (QED) is 0.563. The molecular weight excluding hydrogens is 461 g/mol. The van der Waals surface area contributed by atoms with Crippen LogP contribution in [0.15, 0.2) is 51.8 Å². The van der Waals surface area contributed by atoms with E-state index in [0.717, 1.165) is 27.9 Å². The van der Waals surface area contributed by atoms with Crippen LogP contribution in [0.2, 0.25) is 0 Å². The first kappa shape index (κ1) is 23.1. The van der Waals surface area contributed by atoms with Gasteiger partial charge in [-0.1, -0.05) is 12.1 Å². The van der Waals surface area contributed by atoms with Crippen LogP contribution < -0.4 is 4.74 Å². The highest BCUT2D eigenvalue weighted by molar-refractivity contribution is 7.89. The molecule has 11 heteroatoms. The molecule has 0 bridgehead atoms. The van der Waals surface area contributed by atoms with E-state index < -0.39 is 32.6 Å². The zero-order valence-corrected chi connectivity index (χ0v) is 18.7. The van der Waals surface area contributed by atoms with Crippen LogP contribution in [0, 0.1) is 6.92 Å². The number of sulfonamides is 1. The first-order chi connectivity index (χ1) is 15.5. The number of fused-ring (bicyclic) bond motifs is 1. The van der Waals surface area contributed by atoms with Crippen LogP contribution in [-0.2, 0) is 16.2 Å². The average Bonchev–Trinajstić information content (AvgIpc) is 3.13. The molecule has 2 aromatic carbocycles. The predicted octanol–water partition coefficient (Wildman–Crippen LogP) is 3.92. The normalized spacial score (nSPS) is 15.7. The Morgan fingerprint density at radius 2 is 1.73 bits per heavy atom. The minimum Gasteiger partial charge on any atom is -0.497 e. The maximum Gasteiger partial charge on any atom is 0.417 e. The first-order valence-corrected chi connectivity index (χ1v) is 11.5. The molecule has 4 rings (SSSR count). The number of amides is 1. The lowest BCUT2D eigenvalue weighted by atomic mass is 10.1. The van der Waals surface area contributed by atoms with Gasteiger partial charge in [0.25, 0.3) is 5.91 Å². The molecule has 0 saturated carbocycles. The molecule has 1 fully saturated rings. The molecule has 1 saturated heterocycles. The standard InChI is InChI=1S/C22H21F3N2O5S/c1-14-16-13-15(31-2)7-8-18(16)32-20(14)21(28)26-9-11-27(12-10-26)33(29,30)19-6-4-3-5-17(19)22(23,24)25/h3-8,13H,9-12H2,1-2H3. The van der Waals surface area contributed by atoms with Crippen molar-refractivity contribution >= 4 is 26.9 Å².